The number of benzene rings is 1. The van der Waals surface area contributed by atoms with Crippen LogP contribution in [-0.4, -0.2) is 24.7 Å². The second-order valence-electron chi connectivity index (χ2n) is 5.20. The fourth-order valence-electron chi connectivity index (χ4n) is 1.92. The number of halogens is 1. The van der Waals surface area contributed by atoms with E-state index in [0.717, 1.165) is 17.9 Å². The summed E-state index contributed by atoms with van der Waals surface area (Å²) in [6.07, 6.45) is 1.58. The van der Waals surface area contributed by atoms with Crippen molar-refractivity contribution in [1.82, 2.24) is 0 Å². The lowest BCUT2D eigenvalue weighted by Crippen LogP contribution is -2.24. The van der Waals surface area contributed by atoms with E-state index in [4.69, 9.17) is 25.8 Å². The number of aryl methyl sites for hydroxylation is 1. The van der Waals surface area contributed by atoms with Crippen molar-refractivity contribution in [2.45, 2.75) is 45.0 Å². The fourth-order valence-corrected chi connectivity index (χ4v) is 2.04. The van der Waals surface area contributed by atoms with Crippen molar-refractivity contribution in [2.24, 2.45) is 0 Å². The Labute approximate surface area is 124 Å². The number of ether oxygens (including phenoxy) is 3. The third-order valence-corrected chi connectivity index (χ3v) is 3.26. The van der Waals surface area contributed by atoms with Crippen LogP contribution in [0.25, 0.3) is 0 Å². The van der Waals surface area contributed by atoms with Crippen LogP contribution in [0, 0.1) is 0 Å². The van der Waals surface area contributed by atoms with E-state index in [2.05, 4.69) is 0 Å². The van der Waals surface area contributed by atoms with Gasteiger partial charge >= 0.3 is 6.16 Å². The van der Waals surface area contributed by atoms with Gasteiger partial charge in [-0.15, -0.1) is 0 Å². The molecule has 0 amide bonds. The molecule has 0 spiro atoms. The first-order valence-electron chi connectivity index (χ1n) is 6.77. The number of carbonyl (C=O) groups is 1. The Bertz CT molecular complexity index is 451. The molecule has 1 aromatic carbocycles. The molecular formula is C15H19ClO4. The zero-order valence-electron chi connectivity index (χ0n) is 11.7. The number of hydrogen-bond acceptors (Lipinski definition) is 4. The molecule has 0 radical (unpaired) electrons. The summed E-state index contributed by atoms with van der Waals surface area (Å²) in [6.45, 7) is 4.01. The first kappa shape index (κ1) is 15.1. The van der Waals surface area contributed by atoms with Gasteiger partial charge in [-0.1, -0.05) is 23.7 Å². The lowest BCUT2D eigenvalue weighted by atomic mass is 10.1. The Morgan fingerprint density at radius 1 is 1.40 bits per heavy atom. The highest BCUT2D eigenvalue weighted by Gasteiger charge is 2.49. The summed E-state index contributed by atoms with van der Waals surface area (Å²) in [6, 6.07) is 7.74. The van der Waals surface area contributed by atoms with Gasteiger partial charge in [0.2, 0.25) is 5.79 Å². The van der Waals surface area contributed by atoms with Crippen LogP contribution in [0.15, 0.2) is 24.3 Å². The molecule has 1 aliphatic rings. The summed E-state index contributed by atoms with van der Waals surface area (Å²) in [5, 5.41) is 0.732. The van der Waals surface area contributed by atoms with Crippen LogP contribution in [-0.2, 0) is 20.6 Å². The molecule has 0 N–H and O–H groups in total. The quantitative estimate of drug-likeness (QED) is 0.589. The molecule has 4 nitrogen and oxygen atoms in total. The molecule has 1 aliphatic heterocycles. The summed E-state index contributed by atoms with van der Waals surface area (Å²) in [7, 11) is 0. The van der Waals surface area contributed by atoms with Gasteiger partial charge in [-0.05, 0) is 44.4 Å². The lowest BCUT2D eigenvalue weighted by molar-refractivity contribution is -0.0482. The summed E-state index contributed by atoms with van der Waals surface area (Å²) in [5.41, 5.74) is 1.20. The van der Waals surface area contributed by atoms with Crippen molar-refractivity contribution in [3.63, 3.8) is 0 Å². The molecule has 1 heterocycles. The largest absolute Gasteiger partial charge is 0.511 e. The van der Waals surface area contributed by atoms with E-state index in [9.17, 15) is 4.79 Å². The Morgan fingerprint density at radius 2 is 2.05 bits per heavy atom. The number of hydrogen-bond donors (Lipinski definition) is 0. The molecule has 1 fully saturated rings. The van der Waals surface area contributed by atoms with Gasteiger partial charge in [0.1, 0.15) is 6.61 Å². The van der Waals surface area contributed by atoms with Crippen molar-refractivity contribution in [2.75, 3.05) is 6.61 Å². The van der Waals surface area contributed by atoms with Gasteiger partial charge in [-0.2, -0.15) is 0 Å². The van der Waals surface area contributed by atoms with Crippen molar-refractivity contribution in [3.05, 3.63) is 34.9 Å². The summed E-state index contributed by atoms with van der Waals surface area (Å²) >= 11 is 5.84. The predicted octanol–water partition coefficient (Wildman–Crippen LogP) is 3.95. The highest BCUT2D eigenvalue weighted by Crippen LogP contribution is 2.34. The monoisotopic (exact) mass is 298 g/mol. The van der Waals surface area contributed by atoms with E-state index >= 15 is 0 Å². The van der Waals surface area contributed by atoms with Gasteiger partial charge < -0.3 is 14.2 Å². The number of rotatable bonds is 6. The second kappa shape index (κ2) is 6.46. The molecule has 2 rings (SSSR count). The van der Waals surface area contributed by atoms with Gasteiger partial charge in [0.15, 0.2) is 0 Å². The molecule has 1 atom stereocenters. The average Bonchev–Trinajstić information content (AvgIpc) is 3.10. The van der Waals surface area contributed by atoms with Crippen molar-refractivity contribution >= 4 is 17.8 Å². The zero-order valence-corrected chi connectivity index (χ0v) is 12.5. The molecule has 0 aliphatic carbocycles. The van der Waals surface area contributed by atoms with Crippen molar-refractivity contribution in [1.29, 1.82) is 0 Å². The third kappa shape index (κ3) is 4.69. The molecule has 1 aromatic rings. The van der Waals surface area contributed by atoms with E-state index in [-0.39, 0.29) is 6.10 Å². The highest BCUT2D eigenvalue weighted by atomic mass is 35.5. The van der Waals surface area contributed by atoms with Crippen LogP contribution < -0.4 is 0 Å². The first-order valence-corrected chi connectivity index (χ1v) is 7.15. The molecule has 0 aromatic heterocycles. The van der Waals surface area contributed by atoms with E-state index in [0.29, 0.717) is 13.0 Å². The standard InChI is InChI=1S/C15H19ClO4/c1-11(2)19-14(17)20-15(10-18-15)9-3-4-12-5-7-13(16)8-6-12/h5-8,11H,3-4,9-10H2,1-2H3. The first-order chi connectivity index (χ1) is 9.49. The zero-order chi connectivity index (χ0) is 14.6. The molecule has 5 heteroatoms. The van der Waals surface area contributed by atoms with Crippen molar-refractivity contribution < 1.29 is 19.0 Å². The normalized spacial score (nSPS) is 20.8. The maximum atomic E-state index is 11.4. The highest BCUT2D eigenvalue weighted by molar-refractivity contribution is 6.30. The SMILES string of the molecule is CC(C)OC(=O)OC1(CCCc2ccc(Cl)cc2)CO1. The lowest BCUT2D eigenvalue weighted by Gasteiger charge is -2.14. The Morgan fingerprint density at radius 3 is 2.60 bits per heavy atom. The van der Waals surface area contributed by atoms with Crippen LogP contribution in [0.4, 0.5) is 4.79 Å². The van der Waals surface area contributed by atoms with E-state index in [1.54, 1.807) is 13.8 Å². The Kier molecular flexibility index (Phi) is 4.89. The average molecular weight is 299 g/mol. The minimum atomic E-state index is -0.765. The van der Waals surface area contributed by atoms with Gasteiger partial charge in [0.05, 0.1) is 6.10 Å². The van der Waals surface area contributed by atoms with E-state index in [1.807, 2.05) is 24.3 Å². The van der Waals surface area contributed by atoms with E-state index < -0.39 is 11.9 Å². The number of epoxide rings is 1. The van der Waals surface area contributed by atoms with Crippen LogP contribution in [0.1, 0.15) is 32.3 Å². The predicted molar refractivity (Wildman–Crippen MR) is 75.8 cm³/mol. The third-order valence-electron chi connectivity index (χ3n) is 3.00. The molecule has 0 bridgehead atoms. The Balaban J connectivity index is 1.73. The van der Waals surface area contributed by atoms with Gasteiger partial charge in [-0.3, -0.25) is 0 Å². The van der Waals surface area contributed by atoms with E-state index in [1.165, 1.54) is 5.56 Å². The topological polar surface area (TPSA) is 48.1 Å². The van der Waals surface area contributed by atoms with Crippen LogP contribution in [0.3, 0.4) is 0 Å². The molecule has 110 valence electrons. The van der Waals surface area contributed by atoms with Gasteiger partial charge in [0, 0.05) is 11.4 Å². The van der Waals surface area contributed by atoms with Gasteiger partial charge in [0.25, 0.3) is 0 Å². The molecule has 1 unspecified atom stereocenters. The summed E-state index contributed by atoms with van der Waals surface area (Å²) in [5.74, 6) is -0.765. The Hall–Kier alpha value is -1.26. The van der Waals surface area contributed by atoms with Gasteiger partial charge in [-0.25, -0.2) is 4.79 Å². The molecular weight excluding hydrogens is 280 g/mol. The summed E-state index contributed by atoms with van der Waals surface area (Å²) in [4.78, 5) is 11.4. The minimum absolute atomic E-state index is 0.188. The fraction of sp³-hybridized carbons (Fsp3) is 0.533. The van der Waals surface area contributed by atoms with Crippen LogP contribution in [0.5, 0.6) is 0 Å². The summed E-state index contributed by atoms with van der Waals surface area (Å²) < 4.78 is 15.4. The molecule has 20 heavy (non-hydrogen) atoms. The second-order valence-corrected chi connectivity index (χ2v) is 5.63. The number of carbonyl (C=O) groups excluding carboxylic acids is 1. The minimum Gasteiger partial charge on any atom is -0.432 e. The molecule has 0 saturated carbocycles. The van der Waals surface area contributed by atoms with Crippen molar-refractivity contribution in [3.8, 4) is 0 Å². The smallest absolute Gasteiger partial charge is 0.432 e. The van der Waals surface area contributed by atoms with Crippen LogP contribution in [0.2, 0.25) is 5.02 Å². The maximum Gasteiger partial charge on any atom is 0.511 e. The van der Waals surface area contributed by atoms with Crippen LogP contribution >= 0.6 is 11.6 Å². The maximum absolute atomic E-state index is 11.4. The molecule has 1 saturated heterocycles.